The van der Waals surface area contributed by atoms with Crippen LogP contribution in [0.4, 0.5) is 5.13 Å². The molecule has 0 aliphatic carbocycles. The monoisotopic (exact) mass is 322 g/mol. The summed E-state index contributed by atoms with van der Waals surface area (Å²) in [6.45, 7) is 3.76. The van der Waals surface area contributed by atoms with Crippen molar-refractivity contribution in [3.8, 4) is 11.3 Å². The molecule has 4 N–H and O–H groups in total. The molecule has 1 atom stereocenters. The number of thiazole rings is 1. The van der Waals surface area contributed by atoms with Crippen LogP contribution >= 0.6 is 11.3 Å². The molecule has 2 aromatic rings. The van der Waals surface area contributed by atoms with Crippen molar-refractivity contribution < 1.29 is 14.3 Å². The van der Waals surface area contributed by atoms with E-state index in [-0.39, 0.29) is 11.8 Å². The van der Waals surface area contributed by atoms with E-state index in [9.17, 15) is 9.59 Å². The lowest BCUT2D eigenvalue weighted by Gasteiger charge is -2.13. The van der Waals surface area contributed by atoms with E-state index >= 15 is 0 Å². The largest absolute Gasteiger partial charge is 0.464 e. The number of esters is 1. The summed E-state index contributed by atoms with van der Waals surface area (Å²) in [5, 5.41) is 4.96. The Kier molecular flexibility index (Phi) is 4.94. The normalized spacial score (nSPS) is 12.2. The van der Waals surface area contributed by atoms with Gasteiger partial charge in [0.15, 0.2) is 5.13 Å². The fraction of sp³-hybridized carbons (Fsp3) is 0.357. The highest BCUT2D eigenvalue weighted by Crippen LogP contribution is 2.25. The molecule has 0 aliphatic heterocycles. The summed E-state index contributed by atoms with van der Waals surface area (Å²) in [6.07, 6.45) is 1.66. The Balaban J connectivity index is 2.10. The van der Waals surface area contributed by atoms with Crippen LogP contribution in [0.2, 0.25) is 0 Å². The number of methoxy groups -OCH3 is 1. The number of carbonyl (C=O) groups is 2. The van der Waals surface area contributed by atoms with Gasteiger partial charge in [-0.05, 0) is 12.0 Å². The van der Waals surface area contributed by atoms with Gasteiger partial charge in [-0.15, -0.1) is 11.3 Å². The molecule has 0 saturated carbocycles. The number of aromatic nitrogens is 2. The summed E-state index contributed by atoms with van der Waals surface area (Å²) in [5.41, 5.74) is 7.53. The highest BCUT2D eigenvalue weighted by molar-refractivity contribution is 7.14. The van der Waals surface area contributed by atoms with Crippen molar-refractivity contribution in [3.05, 3.63) is 23.3 Å². The van der Waals surface area contributed by atoms with E-state index in [1.54, 1.807) is 17.6 Å². The summed E-state index contributed by atoms with van der Waals surface area (Å²) in [5.74, 6) is -0.662. The quantitative estimate of drug-likeness (QED) is 0.728. The number of rotatable bonds is 5. The minimum Gasteiger partial charge on any atom is -0.464 e. The fourth-order valence-corrected chi connectivity index (χ4v) is 2.45. The predicted molar refractivity (Wildman–Crippen MR) is 84.7 cm³/mol. The van der Waals surface area contributed by atoms with Crippen LogP contribution in [0, 0.1) is 5.92 Å². The Morgan fingerprint density at radius 1 is 1.45 bits per heavy atom. The van der Waals surface area contributed by atoms with Gasteiger partial charge < -0.3 is 20.8 Å². The lowest BCUT2D eigenvalue weighted by Crippen LogP contribution is -2.39. The van der Waals surface area contributed by atoms with Crippen LogP contribution in [-0.2, 0) is 9.53 Å². The Bertz CT molecular complexity index is 677. The molecule has 1 unspecified atom stereocenters. The Hall–Kier alpha value is -2.19. The number of nitrogens with one attached hydrogen (secondary N) is 2. The minimum absolute atomic E-state index is 0.0479. The molecule has 118 valence electrons. The average Bonchev–Trinajstić information content (AvgIpc) is 3.14. The molecule has 22 heavy (non-hydrogen) atoms. The molecule has 1 amide bonds. The number of nitrogens with two attached hydrogens (primary N) is 1. The van der Waals surface area contributed by atoms with Gasteiger partial charge in [0.2, 0.25) is 5.91 Å². The topological polar surface area (TPSA) is 110 Å². The molecular formula is C14H18N4O3S. The first-order chi connectivity index (χ1) is 10.4. The van der Waals surface area contributed by atoms with Crippen molar-refractivity contribution in [1.82, 2.24) is 9.97 Å². The zero-order valence-corrected chi connectivity index (χ0v) is 13.4. The van der Waals surface area contributed by atoms with Gasteiger partial charge in [0, 0.05) is 17.1 Å². The van der Waals surface area contributed by atoms with Gasteiger partial charge in [-0.2, -0.15) is 0 Å². The number of hydrogen-bond donors (Lipinski definition) is 3. The number of hydrogen-bond acceptors (Lipinski definition) is 6. The molecule has 2 heterocycles. The third-order valence-electron chi connectivity index (χ3n) is 3.14. The maximum absolute atomic E-state index is 11.9. The van der Waals surface area contributed by atoms with Crippen LogP contribution in [-0.4, -0.2) is 35.0 Å². The number of anilines is 1. The number of aromatic amines is 1. The molecule has 0 saturated heterocycles. The van der Waals surface area contributed by atoms with Crippen LogP contribution in [0.3, 0.4) is 0 Å². The van der Waals surface area contributed by atoms with Gasteiger partial charge in [-0.3, -0.25) is 4.79 Å². The second kappa shape index (κ2) is 6.71. The molecule has 0 fully saturated rings. The van der Waals surface area contributed by atoms with Crippen LogP contribution in [0.15, 0.2) is 17.6 Å². The summed E-state index contributed by atoms with van der Waals surface area (Å²) in [4.78, 5) is 30.4. The fourth-order valence-electron chi connectivity index (χ4n) is 1.73. The maximum Gasteiger partial charge on any atom is 0.354 e. The summed E-state index contributed by atoms with van der Waals surface area (Å²) in [6, 6.07) is 1.07. The first-order valence-corrected chi connectivity index (χ1v) is 7.59. The lowest BCUT2D eigenvalue weighted by atomic mass is 10.1. The van der Waals surface area contributed by atoms with Crippen molar-refractivity contribution in [2.75, 3.05) is 12.4 Å². The first kappa shape index (κ1) is 16.2. The van der Waals surface area contributed by atoms with Gasteiger partial charge in [0.25, 0.3) is 0 Å². The zero-order valence-electron chi connectivity index (χ0n) is 12.5. The Morgan fingerprint density at radius 2 is 2.18 bits per heavy atom. The summed E-state index contributed by atoms with van der Waals surface area (Å²) < 4.78 is 4.63. The Labute approximate surface area is 131 Å². The van der Waals surface area contributed by atoms with Gasteiger partial charge in [-0.1, -0.05) is 13.8 Å². The SMILES string of the molecule is COC(=O)c1cc(-c2csc(NC(=O)C(N)C(C)C)n2)c[nH]1. The highest BCUT2D eigenvalue weighted by atomic mass is 32.1. The van der Waals surface area contributed by atoms with E-state index in [2.05, 4.69) is 20.0 Å². The van der Waals surface area contributed by atoms with Gasteiger partial charge in [0.05, 0.1) is 18.8 Å². The zero-order chi connectivity index (χ0) is 16.3. The highest BCUT2D eigenvalue weighted by Gasteiger charge is 2.19. The third-order valence-corrected chi connectivity index (χ3v) is 3.90. The second-order valence-corrected chi connectivity index (χ2v) is 5.95. The van der Waals surface area contributed by atoms with Crippen molar-refractivity contribution in [2.24, 2.45) is 11.7 Å². The molecule has 0 radical (unpaired) electrons. The van der Waals surface area contributed by atoms with Gasteiger partial charge in [0.1, 0.15) is 5.69 Å². The molecule has 0 bridgehead atoms. The molecule has 8 heteroatoms. The molecular weight excluding hydrogens is 304 g/mol. The van der Waals surface area contributed by atoms with E-state index in [4.69, 9.17) is 5.73 Å². The second-order valence-electron chi connectivity index (χ2n) is 5.09. The van der Waals surface area contributed by atoms with E-state index in [1.807, 2.05) is 13.8 Å². The van der Waals surface area contributed by atoms with Crippen LogP contribution in [0.25, 0.3) is 11.3 Å². The van der Waals surface area contributed by atoms with E-state index in [1.165, 1.54) is 18.4 Å². The summed E-state index contributed by atoms with van der Waals surface area (Å²) in [7, 11) is 1.32. The van der Waals surface area contributed by atoms with Crippen molar-refractivity contribution in [2.45, 2.75) is 19.9 Å². The van der Waals surface area contributed by atoms with Crippen LogP contribution < -0.4 is 11.1 Å². The average molecular weight is 322 g/mol. The van der Waals surface area contributed by atoms with Gasteiger partial charge >= 0.3 is 5.97 Å². The first-order valence-electron chi connectivity index (χ1n) is 6.71. The standard InChI is InChI=1S/C14H18N4O3S/c1-7(2)11(15)12(19)18-14-17-10(6-22-14)8-4-9(16-5-8)13(20)21-3/h4-7,11,16H,15H2,1-3H3,(H,17,18,19). The Morgan fingerprint density at radius 3 is 2.82 bits per heavy atom. The summed E-state index contributed by atoms with van der Waals surface area (Å²) >= 11 is 1.30. The van der Waals surface area contributed by atoms with Crippen LogP contribution in [0.5, 0.6) is 0 Å². The number of H-pyrrole nitrogens is 1. The molecule has 0 aromatic carbocycles. The van der Waals surface area contributed by atoms with Gasteiger partial charge in [-0.25, -0.2) is 9.78 Å². The van der Waals surface area contributed by atoms with E-state index < -0.39 is 12.0 Å². The predicted octanol–water partition coefficient (Wildman–Crippen LogP) is 1.85. The molecule has 2 aromatic heterocycles. The number of nitrogens with zero attached hydrogens (tertiary/aromatic N) is 1. The minimum atomic E-state index is -0.578. The number of carbonyl (C=O) groups excluding carboxylic acids is 2. The van der Waals surface area contributed by atoms with Crippen molar-refractivity contribution >= 4 is 28.3 Å². The smallest absolute Gasteiger partial charge is 0.354 e. The lowest BCUT2D eigenvalue weighted by molar-refractivity contribution is -0.118. The molecule has 0 aliphatic rings. The third kappa shape index (κ3) is 3.52. The van der Waals surface area contributed by atoms with Crippen LogP contribution in [0.1, 0.15) is 24.3 Å². The molecule has 7 nitrogen and oxygen atoms in total. The van der Waals surface area contributed by atoms with E-state index in [0.717, 1.165) is 5.56 Å². The van der Waals surface area contributed by atoms with Crippen molar-refractivity contribution in [3.63, 3.8) is 0 Å². The molecule has 0 spiro atoms. The maximum atomic E-state index is 11.9. The number of amides is 1. The number of ether oxygens (including phenoxy) is 1. The molecule has 2 rings (SSSR count). The van der Waals surface area contributed by atoms with Crippen molar-refractivity contribution in [1.29, 1.82) is 0 Å². The van der Waals surface area contributed by atoms with E-state index in [0.29, 0.717) is 16.5 Å².